The largest absolute Gasteiger partial charge is 0.494 e. The van der Waals surface area contributed by atoms with Crippen LogP contribution in [0.2, 0.25) is 5.02 Å². The highest BCUT2D eigenvalue weighted by Crippen LogP contribution is 2.14. The van der Waals surface area contributed by atoms with E-state index in [9.17, 15) is 0 Å². The van der Waals surface area contributed by atoms with E-state index in [1.54, 1.807) is 0 Å². The summed E-state index contributed by atoms with van der Waals surface area (Å²) in [7, 11) is 0. The second kappa shape index (κ2) is 8.06. The molecule has 0 radical (unpaired) electrons. The Morgan fingerprint density at radius 2 is 1.86 bits per heavy atom. The number of hydrogen-bond acceptors (Lipinski definition) is 2. The van der Waals surface area contributed by atoms with Gasteiger partial charge in [0.25, 0.3) is 0 Å². The first-order valence-electron chi connectivity index (χ1n) is 7.37. The summed E-state index contributed by atoms with van der Waals surface area (Å²) in [5.41, 5.74) is 2.52. The highest BCUT2D eigenvalue weighted by Gasteiger charge is 2.04. The summed E-state index contributed by atoms with van der Waals surface area (Å²) in [6, 6.07) is 16.7. The summed E-state index contributed by atoms with van der Waals surface area (Å²) in [5.74, 6) is 0.924. The first-order chi connectivity index (χ1) is 10.2. The standard InChI is InChI=1S/C18H22ClNO/c1-3-21-18-9-7-15(8-10-18)13-20-14(2)11-16-5-4-6-17(19)12-16/h4-10,12,14,20H,3,11,13H2,1-2H3. The van der Waals surface area contributed by atoms with Crippen LogP contribution in [0, 0.1) is 0 Å². The minimum absolute atomic E-state index is 0.398. The molecule has 0 heterocycles. The van der Waals surface area contributed by atoms with Crippen LogP contribution in [0.15, 0.2) is 48.5 Å². The highest BCUT2D eigenvalue weighted by atomic mass is 35.5. The van der Waals surface area contributed by atoms with Gasteiger partial charge in [0.2, 0.25) is 0 Å². The molecular weight excluding hydrogens is 282 g/mol. The Labute approximate surface area is 132 Å². The summed E-state index contributed by atoms with van der Waals surface area (Å²) in [6.45, 7) is 5.74. The van der Waals surface area contributed by atoms with Gasteiger partial charge < -0.3 is 10.1 Å². The van der Waals surface area contributed by atoms with Crippen LogP contribution in [-0.2, 0) is 13.0 Å². The van der Waals surface area contributed by atoms with Gasteiger partial charge in [0, 0.05) is 17.6 Å². The summed E-state index contributed by atoms with van der Waals surface area (Å²) < 4.78 is 5.44. The van der Waals surface area contributed by atoms with Crippen molar-refractivity contribution in [3.63, 3.8) is 0 Å². The second-order valence-electron chi connectivity index (χ2n) is 5.19. The van der Waals surface area contributed by atoms with Crippen molar-refractivity contribution in [2.24, 2.45) is 0 Å². The lowest BCUT2D eigenvalue weighted by Crippen LogP contribution is -2.27. The average molecular weight is 304 g/mol. The molecule has 2 aromatic carbocycles. The number of hydrogen-bond donors (Lipinski definition) is 1. The predicted molar refractivity (Wildman–Crippen MR) is 89.1 cm³/mol. The van der Waals surface area contributed by atoms with E-state index in [0.29, 0.717) is 12.6 Å². The fraction of sp³-hybridized carbons (Fsp3) is 0.333. The van der Waals surface area contributed by atoms with Crippen molar-refractivity contribution in [2.75, 3.05) is 6.61 Å². The van der Waals surface area contributed by atoms with Crippen LogP contribution in [0.3, 0.4) is 0 Å². The van der Waals surface area contributed by atoms with Gasteiger partial charge in [-0.2, -0.15) is 0 Å². The maximum absolute atomic E-state index is 6.01. The first-order valence-corrected chi connectivity index (χ1v) is 7.74. The third-order valence-electron chi connectivity index (χ3n) is 3.32. The van der Waals surface area contributed by atoms with Gasteiger partial charge in [-0.25, -0.2) is 0 Å². The molecular formula is C18H22ClNO. The van der Waals surface area contributed by atoms with E-state index in [2.05, 4.69) is 30.4 Å². The van der Waals surface area contributed by atoms with Crippen LogP contribution in [0.25, 0.3) is 0 Å². The maximum Gasteiger partial charge on any atom is 0.119 e. The van der Waals surface area contributed by atoms with Crippen molar-refractivity contribution in [2.45, 2.75) is 32.9 Å². The Bertz CT molecular complexity index is 553. The van der Waals surface area contributed by atoms with Crippen molar-refractivity contribution >= 4 is 11.6 Å². The van der Waals surface area contributed by atoms with E-state index in [1.165, 1.54) is 11.1 Å². The lowest BCUT2D eigenvalue weighted by Gasteiger charge is -2.14. The SMILES string of the molecule is CCOc1ccc(CNC(C)Cc2cccc(Cl)c2)cc1. The van der Waals surface area contributed by atoms with Crippen LogP contribution in [0.5, 0.6) is 5.75 Å². The molecule has 1 atom stereocenters. The molecule has 0 saturated carbocycles. The number of ether oxygens (including phenoxy) is 1. The molecule has 1 N–H and O–H groups in total. The fourth-order valence-corrected chi connectivity index (χ4v) is 2.46. The lowest BCUT2D eigenvalue weighted by atomic mass is 10.1. The molecule has 112 valence electrons. The van der Waals surface area contributed by atoms with Crippen molar-refractivity contribution in [1.82, 2.24) is 5.32 Å². The van der Waals surface area contributed by atoms with E-state index in [1.807, 2.05) is 37.3 Å². The summed E-state index contributed by atoms with van der Waals surface area (Å²) in [5, 5.41) is 4.33. The van der Waals surface area contributed by atoms with E-state index in [0.717, 1.165) is 23.7 Å². The van der Waals surface area contributed by atoms with Gasteiger partial charge in [0.15, 0.2) is 0 Å². The molecule has 2 rings (SSSR count). The third kappa shape index (κ3) is 5.41. The molecule has 0 aliphatic heterocycles. The van der Waals surface area contributed by atoms with Crippen molar-refractivity contribution in [3.8, 4) is 5.75 Å². The quantitative estimate of drug-likeness (QED) is 0.815. The Morgan fingerprint density at radius 3 is 2.52 bits per heavy atom. The van der Waals surface area contributed by atoms with Crippen molar-refractivity contribution in [1.29, 1.82) is 0 Å². The molecule has 2 nitrogen and oxygen atoms in total. The molecule has 21 heavy (non-hydrogen) atoms. The smallest absolute Gasteiger partial charge is 0.119 e. The molecule has 2 aromatic rings. The van der Waals surface area contributed by atoms with Gasteiger partial charge in [-0.3, -0.25) is 0 Å². The molecule has 1 unspecified atom stereocenters. The number of benzene rings is 2. The molecule has 0 aliphatic carbocycles. The lowest BCUT2D eigenvalue weighted by molar-refractivity contribution is 0.340. The van der Waals surface area contributed by atoms with E-state index >= 15 is 0 Å². The van der Waals surface area contributed by atoms with Crippen LogP contribution in [0.1, 0.15) is 25.0 Å². The Balaban J connectivity index is 1.82. The molecule has 0 amide bonds. The Morgan fingerprint density at radius 1 is 1.10 bits per heavy atom. The van der Waals surface area contributed by atoms with Crippen LogP contribution >= 0.6 is 11.6 Å². The van der Waals surface area contributed by atoms with E-state index < -0.39 is 0 Å². The van der Waals surface area contributed by atoms with Gasteiger partial charge in [0.05, 0.1) is 6.61 Å². The molecule has 0 aliphatic rings. The van der Waals surface area contributed by atoms with Gasteiger partial charge in [0.1, 0.15) is 5.75 Å². The number of rotatable bonds is 7. The maximum atomic E-state index is 6.01. The third-order valence-corrected chi connectivity index (χ3v) is 3.56. The minimum Gasteiger partial charge on any atom is -0.494 e. The van der Waals surface area contributed by atoms with Gasteiger partial charge >= 0.3 is 0 Å². The fourth-order valence-electron chi connectivity index (χ4n) is 2.25. The van der Waals surface area contributed by atoms with Crippen molar-refractivity contribution < 1.29 is 4.74 Å². The molecule has 0 bridgehead atoms. The molecule has 3 heteroatoms. The van der Waals surface area contributed by atoms with Gasteiger partial charge in [-0.1, -0.05) is 35.9 Å². The van der Waals surface area contributed by atoms with Crippen LogP contribution < -0.4 is 10.1 Å². The second-order valence-corrected chi connectivity index (χ2v) is 5.63. The monoisotopic (exact) mass is 303 g/mol. The number of halogens is 1. The van der Waals surface area contributed by atoms with Gasteiger partial charge in [-0.15, -0.1) is 0 Å². The van der Waals surface area contributed by atoms with E-state index in [-0.39, 0.29) is 0 Å². The minimum atomic E-state index is 0.398. The zero-order valence-corrected chi connectivity index (χ0v) is 13.4. The zero-order valence-electron chi connectivity index (χ0n) is 12.6. The predicted octanol–water partition coefficient (Wildman–Crippen LogP) is 4.46. The Kier molecular flexibility index (Phi) is 6.09. The average Bonchev–Trinajstić information content (AvgIpc) is 2.47. The summed E-state index contributed by atoms with van der Waals surface area (Å²) in [6.07, 6.45) is 0.970. The molecule has 0 spiro atoms. The molecule has 0 saturated heterocycles. The summed E-state index contributed by atoms with van der Waals surface area (Å²) in [4.78, 5) is 0. The normalized spacial score (nSPS) is 12.1. The molecule has 0 fully saturated rings. The molecule has 0 aromatic heterocycles. The van der Waals surface area contributed by atoms with Gasteiger partial charge in [-0.05, 0) is 55.7 Å². The first kappa shape index (κ1) is 15.9. The van der Waals surface area contributed by atoms with Crippen LogP contribution in [0.4, 0.5) is 0 Å². The van der Waals surface area contributed by atoms with Crippen LogP contribution in [-0.4, -0.2) is 12.6 Å². The van der Waals surface area contributed by atoms with Crippen molar-refractivity contribution in [3.05, 3.63) is 64.7 Å². The van der Waals surface area contributed by atoms with E-state index in [4.69, 9.17) is 16.3 Å². The summed E-state index contributed by atoms with van der Waals surface area (Å²) >= 11 is 6.01. The Hall–Kier alpha value is -1.51. The topological polar surface area (TPSA) is 21.3 Å². The number of nitrogens with one attached hydrogen (secondary N) is 1. The highest BCUT2D eigenvalue weighted by molar-refractivity contribution is 6.30. The zero-order chi connectivity index (χ0) is 15.1.